The molecule has 140 valence electrons. The van der Waals surface area contributed by atoms with Crippen LogP contribution in [-0.2, 0) is 6.54 Å². The zero-order valence-corrected chi connectivity index (χ0v) is 15.6. The average molecular weight is 388 g/mol. The van der Waals surface area contributed by atoms with Gasteiger partial charge in [-0.25, -0.2) is 23.5 Å². The first kappa shape index (κ1) is 18.7. The van der Waals surface area contributed by atoms with E-state index in [4.69, 9.17) is 16.3 Å². The van der Waals surface area contributed by atoms with Crippen molar-refractivity contribution in [1.82, 2.24) is 14.1 Å². The molecule has 1 heterocycles. The fourth-order valence-electron chi connectivity index (χ4n) is 2.67. The number of hydrogen-bond donors (Lipinski definition) is 1. The molecule has 0 atom stereocenters. The summed E-state index contributed by atoms with van der Waals surface area (Å²) in [5, 5.41) is 0.607. The van der Waals surface area contributed by atoms with Crippen LogP contribution in [-0.4, -0.2) is 14.1 Å². The fourth-order valence-corrected chi connectivity index (χ4v) is 2.80. The van der Waals surface area contributed by atoms with Gasteiger partial charge in [-0.15, -0.1) is 0 Å². The van der Waals surface area contributed by atoms with Gasteiger partial charge in [0.25, 0.3) is 0 Å². The van der Waals surface area contributed by atoms with E-state index in [1.54, 1.807) is 49.4 Å². The van der Waals surface area contributed by atoms with Crippen molar-refractivity contribution in [3.05, 3.63) is 84.5 Å². The Kier molecular flexibility index (Phi) is 5.32. The van der Waals surface area contributed by atoms with Gasteiger partial charge in [-0.1, -0.05) is 18.5 Å². The van der Waals surface area contributed by atoms with Crippen LogP contribution in [0.25, 0.3) is 5.69 Å². The topological polar surface area (TPSA) is 86.1 Å². The Bertz CT molecular complexity index is 1140. The minimum atomic E-state index is -0.775. The molecule has 3 rings (SSSR count). The second kappa shape index (κ2) is 7.67. The Balaban J connectivity index is 2.02. The molecule has 0 bridgehead atoms. The molecule has 0 saturated carbocycles. The van der Waals surface area contributed by atoms with Gasteiger partial charge in [0, 0.05) is 11.6 Å². The third-order valence-corrected chi connectivity index (χ3v) is 4.24. The van der Waals surface area contributed by atoms with Gasteiger partial charge in [0.1, 0.15) is 11.5 Å². The largest absolute Gasteiger partial charge is 0.457 e. The monoisotopic (exact) mass is 387 g/mol. The number of rotatable bonds is 5. The molecule has 0 fully saturated rings. The van der Waals surface area contributed by atoms with Gasteiger partial charge < -0.3 is 4.74 Å². The third-order valence-electron chi connectivity index (χ3n) is 3.99. The van der Waals surface area contributed by atoms with E-state index in [1.807, 2.05) is 6.92 Å². The van der Waals surface area contributed by atoms with Crippen molar-refractivity contribution in [3.8, 4) is 17.2 Å². The van der Waals surface area contributed by atoms with Gasteiger partial charge in [-0.2, -0.15) is 0 Å². The molecule has 0 amide bonds. The molecule has 0 saturated heterocycles. The third kappa shape index (κ3) is 3.88. The summed E-state index contributed by atoms with van der Waals surface area (Å²) in [6, 6.07) is 11.8. The predicted octanol–water partition coefficient (Wildman–Crippen LogP) is 2.85. The zero-order chi connectivity index (χ0) is 19.6. The van der Waals surface area contributed by atoms with Crippen molar-refractivity contribution in [2.75, 3.05) is 0 Å². The van der Waals surface area contributed by atoms with E-state index in [0.717, 1.165) is 14.7 Å². The second-order valence-electron chi connectivity index (χ2n) is 6.01. The van der Waals surface area contributed by atoms with Crippen LogP contribution in [0.1, 0.15) is 18.9 Å². The van der Waals surface area contributed by atoms with E-state index in [0.29, 0.717) is 28.6 Å². The maximum atomic E-state index is 12.6. The van der Waals surface area contributed by atoms with Gasteiger partial charge in [0.15, 0.2) is 0 Å². The standard InChI is InChI=1S/C19H18ClN3O4/c1-3-10-22-17(24)21-18(25)23(19(22)26)14-6-9-16(12(2)11-14)27-15-7-4-13(20)5-8-15/h4-9,11H,3,10H2,1-2H3,(H,21,24,25). The highest BCUT2D eigenvalue weighted by Gasteiger charge is 2.12. The highest BCUT2D eigenvalue weighted by Crippen LogP contribution is 2.27. The van der Waals surface area contributed by atoms with Gasteiger partial charge in [0.2, 0.25) is 0 Å². The maximum Gasteiger partial charge on any atom is 0.340 e. The molecule has 3 aromatic rings. The summed E-state index contributed by atoms with van der Waals surface area (Å²) in [6.07, 6.45) is 0.591. The molecule has 27 heavy (non-hydrogen) atoms. The van der Waals surface area contributed by atoms with Crippen molar-refractivity contribution in [1.29, 1.82) is 0 Å². The van der Waals surface area contributed by atoms with Gasteiger partial charge in [-0.3, -0.25) is 4.98 Å². The highest BCUT2D eigenvalue weighted by molar-refractivity contribution is 6.30. The normalized spacial score (nSPS) is 10.8. The van der Waals surface area contributed by atoms with Gasteiger partial charge in [0.05, 0.1) is 5.69 Å². The smallest absolute Gasteiger partial charge is 0.340 e. The SMILES string of the molecule is CCCn1c(=O)[nH]c(=O)n(-c2ccc(Oc3ccc(Cl)cc3)c(C)c2)c1=O. The molecule has 0 spiro atoms. The minimum Gasteiger partial charge on any atom is -0.457 e. The van der Waals surface area contributed by atoms with Crippen molar-refractivity contribution < 1.29 is 4.74 Å². The van der Waals surface area contributed by atoms with E-state index in [1.165, 1.54) is 0 Å². The van der Waals surface area contributed by atoms with Crippen LogP contribution in [0.4, 0.5) is 0 Å². The highest BCUT2D eigenvalue weighted by atomic mass is 35.5. The van der Waals surface area contributed by atoms with Gasteiger partial charge >= 0.3 is 17.1 Å². The Labute approximate surface area is 159 Å². The predicted molar refractivity (Wildman–Crippen MR) is 103 cm³/mol. The number of benzene rings is 2. The Morgan fingerprint density at radius 2 is 1.74 bits per heavy atom. The van der Waals surface area contributed by atoms with E-state index in [2.05, 4.69) is 4.98 Å². The van der Waals surface area contributed by atoms with Crippen LogP contribution in [0.5, 0.6) is 11.5 Å². The summed E-state index contributed by atoms with van der Waals surface area (Å²) in [7, 11) is 0. The van der Waals surface area contributed by atoms with Crippen LogP contribution < -0.4 is 21.8 Å². The quantitative estimate of drug-likeness (QED) is 0.729. The molecule has 2 aromatic carbocycles. The molecular weight excluding hydrogens is 370 g/mol. The summed E-state index contributed by atoms with van der Waals surface area (Å²) in [4.78, 5) is 38.8. The molecule has 1 N–H and O–H groups in total. The molecule has 8 heteroatoms. The van der Waals surface area contributed by atoms with E-state index in [-0.39, 0.29) is 6.54 Å². The first-order valence-corrected chi connectivity index (χ1v) is 8.79. The van der Waals surface area contributed by atoms with Crippen molar-refractivity contribution >= 4 is 11.6 Å². The lowest BCUT2D eigenvalue weighted by Crippen LogP contribution is -2.48. The lowest BCUT2D eigenvalue weighted by Gasteiger charge is -2.12. The number of ether oxygens (including phenoxy) is 1. The lowest BCUT2D eigenvalue weighted by molar-refractivity contribution is 0.478. The Morgan fingerprint density at radius 3 is 2.37 bits per heavy atom. The summed E-state index contributed by atoms with van der Waals surface area (Å²) >= 11 is 5.87. The number of hydrogen-bond acceptors (Lipinski definition) is 4. The zero-order valence-electron chi connectivity index (χ0n) is 14.9. The molecular formula is C19H18ClN3O4. The molecule has 0 aliphatic rings. The number of aromatic amines is 1. The average Bonchev–Trinajstić information content (AvgIpc) is 2.62. The Morgan fingerprint density at radius 1 is 1.04 bits per heavy atom. The minimum absolute atomic E-state index is 0.227. The number of nitrogens with zero attached hydrogens (tertiary/aromatic N) is 2. The molecule has 0 aliphatic heterocycles. The van der Waals surface area contributed by atoms with E-state index in [9.17, 15) is 14.4 Å². The molecule has 0 aliphatic carbocycles. The molecule has 1 aromatic heterocycles. The van der Waals surface area contributed by atoms with Crippen molar-refractivity contribution in [2.45, 2.75) is 26.8 Å². The van der Waals surface area contributed by atoms with Crippen LogP contribution in [0.2, 0.25) is 5.02 Å². The van der Waals surface area contributed by atoms with Crippen molar-refractivity contribution in [3.63, 3.8) is 0 Å². The number of halogens is 1. The van der Waals surface area contributed by atoms with Crippen LogP contribution in [0.3, 0.4) is 0 Å². The van der Waals surface area contributed by atoms with Crippen LogP contribution in [0, 0.1) is 6.92 Å². The summed E-state index contributed by atoms with van der Waals surface area (Å²) < 4.78 is 7.76. The second-order valence-corrected chi connectivity index (χ2v) is 6.45. The summed E-state index contributed by atoms with van der Waals surface area (Å²) in [6.45, 7) is 3.87. The first-order chi connectivity index (χ1) is 12.9. The lowest BCUT2D eigenvalue weighted by atomic mass is 10.2. The van der Waals surface area contributed by atoms with E-state index < -0.39 is 17.1 Å². The first-order valence-electron chi connectivity index (χ1n) is 8.41. The molecule has 7 nitrogen and oxygen atoms in total. The Hall–Kier alpha value is -3.06. The van der Waals surface area contributed by atoms with Crippen molar-refractivity contribution in [2.24, 2.45) is 0 Å². The molecule has 0 radical (unpaired) electrons. The number of aryl methyl sites for hydroxylation is 1. The molecule has 0 unspecified atom stereocenters. The van der Waals surface area contributed by atoms with E-state index >= 15 is 0 Å². The van der Waals surface area contributed by atoms with Gasteiger partial charge in [-0.05, 0) is 61.4 Å². The maximum absolute atomic E-state index is 12.6. The number of H-pyrrole nitrogens is 1. The van der Waals surface area contributed by atoms with Crippen LogP contribution in [0.15, 0.2) is 56.8 Å². The number of nitrogens with one attached hydrogen (secondary N) is 1. The number of aromatic nitrogens is 3. The summed E-state index contributed by atoms with van der Waals surface area (Å²) in [5.41, 5.74) is -1.07. The summed E-state index contributed by atoms with van der Waals surface area (Å²) in [5.74, 6) is 1.19. The fraction of sp³-hybridized carbons (Fsp3) is 0.211. The van der Waals surface area contributed by atoms with Crippen LogP contribution >= 0.6 is 11.6 Å².